The van der Waals surface area contributed by atoms with Gasteiger partial charge >= 0.3 is 5.97 Å². The number of nitrogens with one attached hydrogen (secondary N) is 1. The van der Waals surface area contributed by atoms with E-state index in [1.165, 1.54) is 17.6 Å². The van der Waals surface area contributed by atoms with Gasteiger partial charge in [-0.1, -0.05) is 112 Å². The molecule has 10 rings (SSSR count). The Morgan fingerprint density at radius 3 is 1.28 bits per heavy atom. The first-order chi connectivity index (χ1) is 34.8. The molecule has 6 fully saturated rings. The SMILES string of the molecule is CC1=C(O)C(=O)C=C2C1=CC=C1[C@@]2(C)CC[C@@]2(C)[C@@H]3C[C@](C)(C(=O)O)CC[C@]3(C)CC[C@]12C.CCN(CC)C(=O)[C@]1(C)CC[C@]2(C)CC[C@]3(C)C4=CC=C5C(=CC(=O)C(O)=C5C)[C@]4(C)CC[C@@]3(C)[C@@H]2C1.CCNCC. The number of aliphatic hydroxyl groups is 2. The van der Waals surface area contributed by atoms with Crippen LogP contribution in [0.1, 0.15) is 201 Å². The number of nitrogens with zero attached hydrogens (tertiary/aromatic N) is 1. The van der Waals surface area contributed by atoms with Gasteiger partial charge in [0, 0.05) is 40.5 Å². The van der Waals surface area contributed by atoms with Crippen LogP contribution < -0.4 is 5.32 Å². The lowest BCUT2D eigenvalue weighted by Gasteiger charge is -2.70. The molecule has 0 saturated heterocycles. The minimum Gasteiger partial charge on any atom is -0.504 e. The quantitative estimate of drug-likeness (QED) is 0.206. The van der Waals surface area contributed by atoms with Crippen molar-refractivity contribution < 1.29 is 34.5 Å². The van der Waals surface area contributed by atoms with Crippen molar-refractivity contribution in [2.75, 3.05) is 26.2 Å². The maximum absolute atomic E-state index is 13.8. The Balaban J connectivity index is 0.000000184. The van der Waals surface area contributed by atoms with Gasteiger partial charge < -0.3 is 25.5 Å². The Kier molecular flexibility index (Phi) is 14.4. The lowest BCUT2D eigenvalue weighted by atomic mass is 9.34. The van der Waals surface area contributed by atoms with E-state index in [0.29, 0.717) is 28.9 Å². The Morgan fingerprint density at radius 1 is 0.547 bits per heavy atom. The largest absolute Gasteiger partial charge is 0.504 e. The lowest BCUT2D eigenvalue weighted by molar-refractivity contribution is -0.178. The van der Waals surface area contributed by atoms with E-state index in [4.69, 9.17) is 0 Å². The van der Waals surface area contributed by atoms with Gasteiger partial charge in [0.25, 0.3) is 0 Å². The van der Waals surface area contributed by atoms with Crippen LogP contribution in [-0.4, -0.2) is 69.8 Å². The van der Waals surface area contributed by atoms with Crippen LogP contribution in [0.15, 0.2) is 92.6 Å². The van der Waals surface area contributed by atoms with Crippen LogP contribution >= 0.6 is 0 Å². The molecule has 0 aromatic carbocycles. The Hall–Kier alpha value is -4.24. The van der Waals surface area contributed by atoms with Gasteiger partial charge in [0.05, 0.1) is 5.41 Å². The Labute approximate surface area is 451 Å². The normalized spacial score (nSPS) is 42.3. The van der Waals surface area contributed by atoms with E-state index in [1.807, 2.05) is 25.7 Å². The van der Waals surface area contributed by atoms with Gasteiger partial charge in [0.2, 0.25) is 17.5 Å². The van der Waals surface area contributed by atoms with E-state index >= 15 is 0 Å². The molecule has 10 aliphatic rings. The second-order valence-corrected chi connectivity index (χ2v) is 28.0. The molecule has 1 amide bonds. The lowest BCUT2D eigenvalue weighted by Crippen LogP contribution is -2.62. The first-order valence-corrected chi connectivity index (χ1v) is 29.3. The molecule has 0 spiro atoms. The number of fused-ring (bicyclic) bond motifs is 14. The maximum Gasteiger partial charge on any atom is 0.309 e. The van der Waals surface area contributed by atoms with E-state index in [0.717, 1.165) is 132 Å². The van der Waals surface area contributed by atoms with Crippen molar-refractivity contribution in [3.63, 3.8) is 0 Å². The van der Waals surface area contributed by atoms with Gasteiger partial charge in [-0.15, -0.1) is 0 Å². The van der Waals surface area contributed by atoms with Gasteiger partial charge in [0.15, 0.2) is 11.5 Å². The molecule has 75 heavy (non-hydrogen) atoms. The van der Waals surface area contributed by atoms with Crippen molar-refractivity contribution in [2.24, 2.45) is 66.0 Å². The molecule has 0 bridgehead atoms. The van der Waals surface area contributed by atoms with Crippen LogP contribution in [0.25, 0.3) is 0 Å². The topological polar surface area (TPSA) is 144 Å². The number of carboxylic acid groups (broad SMARTS) is 1. The zero-order valence-electron chi connectivity index (χ0n) is 49.3. The van der Waals surface area contributed by atoms with Crippen molar-refractivity contribution in [3.8, 4) is 0 Å². The van der Waals surface area contributed by atoms with E-state index in [2.05, 4.69) is 120 Å². The van der Waals surface area contributed by atoms with Gasteiger partial charge in [-0.25, -0.2) is 0 Å². The van der Waals surface area contributed by atoms with Crippen LogP contribution in [-0.2, 0) is 19.2 Å². The highest BCUT2D eigenvalue weighted by Crippen LogP contribution is 2.77. The monoisotopic (exact) mass is 1030 g/mol. The van der Waals surface area contributed by atoms with Crippen LogP contribution in [0.5, 0.6) is 0 Å². The summed E-state index contributed by atoms with van der Waals surface area (Å²) in [7, 11) is 0. The number of rotatable bonds is 6. The molecule has 0 heterocycles. The summed E-state index contributed by atoms with van der Waals surface area (Å²) in [5.41, 5.74) is 7.40. The Bertz CT molecular complexity index is 2710. The number of ketones is 2. The first kappa shape index (κ1) is 56.9. The van der Waals surface area contributed by atoms with Gasteiger partial charge in [-0.05, 0) is 216 Å². The van der Waals surface area contributed by atoms with E-state index in [1.54, 1.807) is 12.2 Å². The molecule has 4 N–H and O–H groups in total. The zero-order chi connectivity index (χ0) is 55.5. The number of hydrogen-bond donors (Lipinski definition) is 4. The summed E-state index contributed by atoms with van der Waals surface area (Å²) in [4.78, 5) is 53.3. The van der Waals surface area contributed by atoms with Crippen LogP contribution in [0.3, 0.4) is 0 Å². The molecule has 6 saturated carbocycles. The third-order valence-electron chi connectivity index (χ3n) is 24.3. The second-order valence-electron chi connectivity index (χ2n) is 28.0. The summed E-state index contributed by atoms with van der Waals surface area (Å²) in [5.74, 6) is -0.299. The van der Waals surface area contributed by atoms with Crippen molar-refractivity contribution in [1.82, 2.24) is 10.2 Å². The molecule has 0 aliphatic heterocycles. The van der Waals surface area contributed by atoms with Crippen LogP contribution in [0.2, 0.25) is 0 Å². The number of carboxylic acids is 1. The summed E-state index contributed by atoms with van der Waals surface area (Å²) in [6.07, 6.45) is 26.4. The van der Waals surface area contributed by atoms with Crippen molar-refractivity contribution in [1.29, 1.82) is 0 Å². The summed E-state index contributed by atoms with van der Waals surface area (Å²) in [6, 6.07) is 0. The Morgan fingerprint density at radius 2 is 0.920 bits per heavy atom. The van der Waals surface area contributed by atoms with Gasteiger partial charge in [-0.2, -0.15) is 0 Å². The minimum atomic E-state index is -0.655. The molecule has 0 unspecified atom stereocenters. The molecule has 412 valence electrons. The van der Waals surface area contributed by atoms with E-state index in [-0.39, 0.29) is 71.8 Å². The van der Waals surface area contributed by atoms with Crippen molar-refractivity contribution in [3.05, 3.63) is 92.6 Å². The molecule has 9 nitrogen and oxygen atoms in total. The molecule has 0 aromatic rings. The molecule has 0 radical (unpaired) electrons. The predicted molar refractivity (Wildman–Crippen MR) is 302 cm³/mol. The maximum atomic E-state index is 13.8. The number of carbonyl (C=O) groups excluding carboxylic acids is 3. The fraction of sp³-hybridized carbons (Fsp3) is 0.697. The third-order valence-corrected chi connectivity index (χ3v) is 24.3. The molecule has 10 aliphatic carbocycles. The van der Waals surface area contributed by atoms with Crippen LogP contribution in [0.4, 0.5) is 0 Å². The highest BCUT2D eigenvalue weighted by molar-refractivity contribution is 6.07. The van der Waals surface area contributed by atoms with Gasteiger partial charge in [-0.3, -0.25) is 19.2 Å². The van der Waals surface area contributed by atoms with E-state index in [9.17, 15) is 34.5 Å². The number of hydrogen-bond acceptors (Lipinski definition) is 7. The number of amides is 1. The summed E-state index contributed by atoms with van der Waals surface area (Å²) in [5, 5.41) is 33.8. The number of aliphatic carboxylic acids is 1. The number of aliphatic hydroxyl groups excluding tert-OH is 2. The summed E-state index contributed by atoms with van der Waals surface area (Å²) in [6.45, 7) is 39.4. The zero-order valence-corrected chi connectivity index (χ0v) is 49.3. The van der Waals surface area contributed by atoms with Gasteiger partial charge in [0.1, 0.15) is 0 Å². The molecule has 9 heteroatoms. The van der Waals surface area contributed by atoms with E-state index < -0.39 is 11.4 Å². The summed E-state index contributed by atoms with van der Waals surface area (Å²) < 4.78 is 0. The minimum absolute atomic E-state index is 0.0000746. The molecule has 0 aromatic heterocycles. The summed E-state index contributed by atoms with van der Waals surface area (Å²) >= 11 is 0. The van der Waals surface area contributed by atoms with Crippen LogP contribution in [0, 0.1) is 66.0 Å². The number of allylic oxidation sites excluding steroid dienone is 14. The van der Waals surface area contributed by atoms with Crippen molar-refractivity contribution in [2.45, 2.75) is 201 Å². The molecule has 12 atom stereocenters. The fourth-order valence-electron chi connectivity index (χ4n) is 18.4. The highest BCUT2D eigenvalue weighted by Gasteiger charge is 2.69. The molecular formula is C66H96N2O7. The standard InChI is InChI=1S/C33H47NO3.C29H38O4.C4H11N/c1-9-34(10-2)28(37)30(5)14-13-29(4)15-17-32(7)25-12-11-22-21(3)27(36)24(35)19-23(22)31(25,6)16-18-33(32,8)26(29)20-30;1-17-18-7-8-21-27(4,19(18)15-20(30)23(17)31)12-14-29(6)22-16-26(3,24(32)33)10-9-25(22,2)11-13-28(21,29)5;1-3-5-4-2/h11-12,19,26,36H,9-10,13-18,20H2,1-8H3;7-8,15,22,31H,9-14,16H2,1-6H3,(H,32,33);5H,3-4H2,1-2H3/t26-,29-,30-,31+,32-,33+;22-,25-,26-,27+,28-,29+;/m11./s1. The fourth-order valence-corrected chi connectivity index (χ4v) is 18.4. The third kappa shape index (κ3) is 8.19. The van der Waals surface area contributed by atoms with Crippen molar-refractivity contribution >= 4 is 23.4 Å². The smallest absolute Gasteiger partial charge is 0.309 e. The average Bonchev–Trinajstić information content (AvgIpc) is 3.36. The highest BCUT2D eigenvalue weighted by atomic mass is 16.4. The first-order valence-electron chi connectivity index (χ1n) is 29.3. The molecular weight excluding hydrogens is 933 g/mol. The predicted octanol–water partition coefficient (Wildman–Crippen LogP) is 14.8. The average molecular weight is 1030 g/mol. The second kappa shape index (κ2) is 19.0. The number of carbonyl (C=O) groups is 4.